The van der Waals surface area contributed by atoms with Gasteiger partial charge in [0, 0.05) is 7.11 Å². The maximum atomic E-state index is 10.2. The van der Waals surface area contributed by atoms with Crippen LogP contribution in [0.1, 0.15) is 65.2 Å². The molecule has 24 heavy (non-hydrogen) atoms. The molecule has 0 aromatic carbocycles. The Hall–Kier alpha value is -0.590. The number of ether oxygens (including phenoxy) is 1. The van der Waals surface area contributed by atoms with E-state index in [1.165, 1.54) is 19.3 Å². The molecule has 0 heterocycles. The predicted octanol–water partition coefficient (Wildman–Crippen LogP) is 4.15. The first-order valence-corrected chi connectivity index (χ1v) is 10.0. The minimum atomic E-state index is -0.0936. The van der Waals surface area contributed by atoms with Crippen LogP contribution in [0.2, 0.25) is 0 Å². The van der Waals surface area contributed by atoms with Gasteiger partial charge in [0.2, 0.25) is 0 Å². The molecule has 1 unspecified atom stereocenters. The van der Waals surface area contributed by atoms with E-state index >= 15 is 0 Å². The summed E-state index contributed by atoms with van der Waals surface area (Å²) in [4.78, 5) is 0. The monoisotopic (exact) mass is 331 g/mol. The van der Waals surface area contributed by atoms with E-state index in [1.54, 1.807) is 0 Å². The lowest BCUT2D eigenvalue weighted by atomic mass is 9.44. The van der Waals surface area contributed by atoms with Crippen LogP contribution in [0.4, 0.5) is 0 Å². The summed E-state index contributed by atoms with van der Waals surface area (Å²) < 4.78 is 6.10. The molecule has 0 aromatic rings. The highest BCUT2D eigenvalue weighted by atomic mass is 16.5. The van der Waals surface area contributed by atoms with Crippen molar-refractivity contribution in [2.75, 3.05) is 7.11 Å². The highest BCUT2D eigenvalue weighted by molar-refractivity contribution is 5.15. The first kappa shape index (κ1) is 16.9. The van der Waals surface area contributed by atoms with Crippen molar-refractivity contribution in [1.82, 2.24) is 0 Å². The van der Waals surface area contributed by atoms with Crippen molar-refractivity contribution in [2.24, 2.45) is 40.4 Å². The molecule has 4 saturated carbocycles. The third-order valence-corrected chi connectivity index (χ3v) is 9.00. The van der Waals surface area contributed by atoms with Crippen LogP contribution in [0.25, 0.3) is 0 Å². The Bertz CT molecular complexity index is 542. The first-order chi connectivity index (χ1) is 11.4. The summed E-state index contributed by atoms with van der Waals surface area (Å²) >= 11 is 0. The fourth-order valence-electron chi connectivity index (χ4n) is 7.76. The fourth-order valence-corrected chi connectivity index (χ4v) is 7.76. The molecule has 0 radical (unpaired) electrons. The third kappa shape index (κ3) is 2.15. The number of nitriles is 1. The first-order valence-electron chi connectivity index (χ1n) is 10.0. The third-order valence-electron chi connectivity index (χ3n) is 9.00. The van der Waals surface area contributed by atoms with Crippen LogP contribution in [-0.4, -0.2) is 24.4 Å². The zero-order chi connectivity index (χ0) is 17.1. The second kappa shape index (κ2) is 5.71. The molecule has 0 bridgehead atoms. The van der Waals surface area contributed by atoms with E-state index in [0.717, 1.165) is 32.1 Å². The summed E-state index contributed by atoms with van der Waals surface area (Å²) in [5, 5.41) is 19.8. The normalized spacial score (nSPS) is 56.7. The van der Waals surface area contributed by atoms with Gasteiger partial charge in [0.05, 0.1) is 24.2 Å². The van der Waals surface area contributed by atoms with E-state index in [0.29, 0.717) is 29.1 Å². The van der Waals surface area contributed by atoms with Crippen molar-refractivity contribution < 1.29 is 9.84 Å². The lowest BCUT2D eigenvalue weighted by Gasteiger charge is -2.62. The molecule has 3 nitrogen and oxygen atoms in total. The number of hydrogen-bond acceptors (Lipinski definition) is 3. The van der Waals surface area contributed by atoms with Gasteiger partial charge in [0.1, 0.15) is 0 Å². The lowest BCUT2D eigenvalue weighted by molar-refractivity contribution is -0.183. The van der Waals surface area contributed by atoms with Gasteiger partial charge in [-0.15, -0.1) is 0 Å². The van der Waals surface area contributed by atoms with Crippen molar-refractivity contribution in [1.29, 1.82) is 5.26 Å². The van der Waals surface area contributed by atoms with Crippen LogP contribution in [0, 0.1) is 51.8 Å². The average Bonchev–Trinajstić information content (AvgIpc) is 2.90. The number of fused-ring (bicyclic) bond motifs is 5. The Kier molecular flexibility index (Phi) is 4.01. The number of nitrogens with zero attached hydrogens (tertiary/aromatic N) is 1. The Morgan fingerprint density at radius 2 is 1.88 bits per heavy atom. The van der Waals surface area contributed by atoms with E-state index in [-0.39, 0.29) is 23.5 Å². The molecule has 9 atom stereocenters. The highest BCUT2D eigenvalue weighted by Crippen LogP contribution is 2.67. The summed E-state index contributed by atoms with van der Waals surface area (Å²) in [6, 6.07) is 2.63. The number of aliphatic hydroxyl groups is 1. The van der Waals surface area contributed by atoms with E-state index in [9.17, 15) is 10.4 Å². The van der Waals surface area contributed by atoms with Crippen LogP contribution in [0.5, 0.6) is 0 Å². The molecule has 3 heteroatoms. The molecule has 0 aliphatic heterocycles. The van der Waals surface area contributed by atoms with Crippen LogP contribution in [0.3, 0.4) is 0 Å². The van der Waals surface area contributed by atoms with Crippen molar-refractivity contribution >= 4 is 0 Å². The molecule has 134 valence electrons. The quantitative estimate of drug-likeness (QED) is 0.785. The molecule has 0 amide bonds. The van der Waals surface area contributed by atoms with Crippen LogP contribution >= 0.6 is 0 Å². The van der Waals surface area contributed by atoms with Crippen LogP contribution in [-0.2, 0) is 4.74 Å². The number of aliphatic hydroxyl groups excluding tert-OH is 1. The van der Waals surface area contributed by atoms with Gasteiger partial charge in [-0.25, -0.2) is 0 Å². The number of hydrogen-bond donors (Lipinski definition) is 1. The molecule has 0 saturated heterocycles. The van der Waals surface area contributed by atoms with Crippen molar-refractivity contribution in [3.8, 4) is 6.07 Å². The zero-order valence-corrected chi connectivity index (χ0v) is 15.5. The molecule has 0 aromatic heterocycles. The van der Waals surface area contributed by atoms with Crippen molar-refractivity contribution in [3.05, 3.63) is 0 Å². The fraction of sp³-hybridized carbons (Fsp3) is 0.952. The second-order valence-electron chi connectivity index (χ2n) is 9.75. The summed E-state index contributed by atoms with van der Waals surface area (Å²) in [5.41, 5.74) is 0.461. The van der Waals surface area contributed by atoms with Crippen molar-refractivity contribution in [3.63, 3.8) is 0 Å². The van der Waals surface area contributed by atoms with E-state index in [4.69, 9.17) is 4.74 Å². The maximum Gasteiger partial charge on any atom is 0.0661 e. The van der Waals surface area contributed by atoms with Gasteiger partial charge in [-0.2, -0.15) is 5.26 Å². The minimum absolute atomic E-state index is 0.0936. The Morgan fingerprint density at radius 1 is 1.08 bits per heavy atom. The Labute approximate surface area is 146 Å². The highest BCUT2D eigenvalue weighted by Gasteiger charge is 2.63. The standard InChI is InChI=1S/C21H33NO2/c1-20-9-8-15(23)10-13(20)4-6-16-17-7-5-14(12-22)21(17,2)11-18(24-3)19(16)20/h13-19,23H,4-11H2,1-3H3/t13-,14?,15+,16-,17-,18-,19+,20-,21+/m0/s1. The molecule has 4 rings (SSSR count). The van der Waals surface area contributed by atoms with E-state index in [2.05, 4.69) is 19.9 Å². The Morgan fingerprint density at radius 3 is 2.58 bits per heavy atom. The minimum Gasteiger partial charge on any atom is -0.393 e. The Balaban J connectivity index is 1.70. The van der Waals surface area contributed by atoms with Crippen molar-refractivity contribution in [2.45, 2.75) is 77.4 Å². The molecular weight excluding hydrogens is 298 g/mol. The number of rotatable bonds is 1. The summed E-state index contributed by atoms with van der Waals surface area (Å²) in [6.07, 6.45) is 9.17. The zero-order valence-electron chi connectivity index (χ0n) is 15.5. The maximum absolute atomic E-state index is 10.2. The van der Waals surface area contributed by atoms with Gasteiger partial charge in [-0.05, 0) is 85.9 Å². The molecule has 1 N–H and O–H groups in total. The second-order valence-corrected chi connectivity index (χ2v) is 9.75. The van der Waals surface area contributed by atoms with Gasteiger partial charge in [-0.3, -0.25) is 0 Å². The lowest BCUT2D eigenvalue weighted by Crippen LogP contribution is -2.59. The van der Waals surface area contributed by atoms with Gasteiger partial charge in [0.25, 0.3) is 0 Å². The summed E-state index contributed by atoms with van der Waals surface area (Å²) in [5.74, 6) is 2.88. The largest absolute Gasteiger partial charge is 0.393 e. The van der Waals surface area contributed by atoms with Gasteiger partial charge < -0.3 is 9.84 Å². The molecular formula is C21H33NO2. The van der Waals surface area contributed by atoms with Gasteiger partial charge in [-0.1, -0.05) is 13.8 Å². The van der Waals surface area contributed by atoms with Crippen LogP contribution in [0.15, 0.2) is 0 Å². The van der Waals surface area contributed by atoms with Crippen LogP contribution < -0.4 is 0 Å². The van der Waals surface area contributed by atoms with Gasteiger partial charge in [0.15, 0.2) is 0 Å². The predicted molar refractivity (Wildman–Crippen MR) is 93.0 cm³/mol. The SMILES string of the molecule is CO[C@H]1C[C@]2(C)C(C#N)CC[C@H]2[C@@H]2CC[C@H]3C[C@H](O)CC[C@]3(C)[C@H]21. The van der Waals surface area contributed by atoms with E-state index < -0.39 is 0 Å². The van der Waals surface area contributed by atoms with E-state index in [1.807, 2.05) is 7.11 Å². The number of methoxy groups -OCH3 is 1. The smallest absolute Gasteiger partial charge is 0.0661 e. The molecule has 4 fully saturated rings. The summed E-state index contributed by atoms with van der Waals surface area (Å²) in [7, 11) is 1.88. The van der Waals surface area contributed by atoms with Gasteiger partial charge >= 0.3 is 0 Å². The molecule has 4 aliphatic carbocycles. The summed E-state index contributed by atoms with van der Waals surface area (Å²) in [6.45, 7) is 4.87. The average molecular weight is 332 g/mol. The molecule has 4 aliphatic rings. The topological polar surface area (TPSA) is 53.2 Å². The molecule has 0 spiro atoms.